The Bertz CT molecular complexity index is 784. The van der Waals surface area contributed by atoms with Crippen molar-refractivity contribution >= 4 is 17.5 Å². The third-order valence-electron chi connectivity index (χ3n) is 4.72. The molecule has 0 N–H and O–H groups in total. The van der Waals surface area contributed by atoms with Crippen LogP contribution in [0.2, 0.25) is 0 Å². The van der Waals surface area contributed by atoms with E-state index >= 15 is 0 Å². The van der Waals surface area contributed by atoms with E-state index in [1.54, 1.807) is 11.9 Å². The fourth-order valence-corrected chi connectivity index (χ4v) is 3.25. The van der Waals surface area contributed by atoms with Crippen LogP contribution >= 0.6 is 0 Å². The Labute approximate surface area is 149 Å². The Morgan fingerprint density at radius 1 is 1.12 bits per heavy atom. The minimum atomic E-state index is 0.103. The molecule has 4 nitrogen and oxygen atoms in total. The monoisotopic (exact) mass is 336 g/mol. The predicted octanol–water partition coefficient (Wildman–Crippen LogP) is 3.19. The van der Waals surface area contributed by atoms with Crippen molar-refractivity contribution in [2.24, 2.45) is 0 Å². The van der Waals surface area contributed by atoms with E-state index in [0.29, 0.717) is 19.4 Å². The van der Waals surface area contributed by atoms with Gasteiger partial charge in [0.05, 0.1) is 12.8 Å². The van der Waals surface area contributed by atoms with Gasteiger partial charge in [-0.2, -0.15) is 0 Å². The van der Waals surface area contributed by atoms with Crippen molar-refractivity contribution in [1.29, 1.82) is 0 Å². The molecule has 0 radical (unpaired) electrons. The number of amides is 2. The molecule has 0 aromatic heterocycles. The maximum Gasteiger partial charge on any atom is 0.231 e. The molecule has 25 heavy (non-hydrogen) atoms. The number of likely N-dealkylation sites (N-methyl/N-ethyl adjacent to an activating group) is 1. The zero-order valence-electron chi connectivity index (χ0n) is 15.0. The van der Waals surface area contributed by atoms with Crippen LogP contribution in [0.3, 0.4) is 0 Å². The highest BCUT2D eigenvalue weighted by atomic mass is 16.2. The molecular formula is C21H24N2O2. The molecule has 2 amide bonds. The summed E-state index contributed by atoms with van der Waals surface area (Å²) in [6.45, 7) is 4.69. The van der Waals surface area contributed by atoms with Crippen LogP contribution in [0.5, 0.6) is 0 Å². The van der Waals surface area contributed by atoms with Gasteiger partial charge in [-0.15, -0.1) is 0 Å². The van der Waals surface area contributed by atoms with E-state index in [4.69, 9.17) is 0 Å². The Morgan fingerprint density at radius 3 is 2.52 bits per heavy atom. The van der Waals surface area contributed by atoms with E-state index in [0.717, 1.165) is 22.4 Å². The van der Waals surface area contributed by atoms with Crippen molar-refractivity contribution in [3.8, 4) is 0 Å². The minimum Gasteiger partial charge on any atom is -0.336 e. The van der Waals surface area contributed by atoms with Crippen molar-refractivity contribution in [3.63, 3.8) is 0 Å². The summed E-state index contributed by atoms with van der Waals surface area (Å²) in [5, 5.41) is 0. The molecule has 0 atom stereocenters. The first kappa shape index (κ1) is 17.2. The van der Waals surface area contributed by atoms with Gasteiger partial charge in [0, 0.05) is 25.3 Å². The summed E-state index contributed by atoms with van der Waals surface area (Å²) >= 11 is 0. The zero-order chi connectivity index (χ0) is 18.0. The number of fused-ring (bicyclic) bond motifs is 1. The quantitative estimate of drug-likeness (QED) is 0.841. The van der Waals surface area contributed by atoms with Crippen LogP contribution in [-0.2, 0) is 29.0 Å². The first-order valence-electron chi connectivity index (χ1n) is 8.67. The van der Waals surface area contributed by atoms with Crippen molar-refractivity contribution < 1.29 is 9.59 Å². The van der Waals surface area contributed by atoms with E-state index in [-0.39, 0.29) is 17.9 Å². The topological polar surface area (TPSA) is 40.6 Å². The minimum absolute atomic E-state index is 0.103. The summed E-state index contributed by atoms with van der Waals surface area (Å²) in [5.74, 6) is 0.211. The van der Waals surface area contributed by atoms with Gasteiger partial charge in [0.2, 0.25) is 11.8 Å². The lowest BCUT2D eigenvalue weighted by atomic mass is 10.0. The molecule has 4 heteroatoms. The number of carbonyl (C=O) groups excluding carboxylic acids is 2. The second-order valence-electron chi connectivity index (χ2n) is 6.87. The van der Waals surface area contributed by atoms with E-state index in [1.807, 2.05) is 67.3 Å². The normalized spacial score (nSPS) is 13.3. The largest absolute Gasteiger partial charge is 0.336 e. The molecule has 130 valence electrons. The summed E-state index contributed by atoms with van der Waals surface area (Å²) in [4.78, 5) is 28.2. The SMILES string of the molecule is CC(C)N(Cc1ccccc1)C(=O)Cc1ccc2c(c1)CC(=O)N2C. The maximum absolute atomic E-state index is 12.8. The first-order chi connectivity index (χ1) is 12.0. The molecule has 1 aliphatic heterocycles. The number of hydrogen-bond acceptors (Lipinski definition) is 2. The molecule has 0 fully saturated rings. The highest BCUT2D eigenvalue weighted by Crippen LogP contribution is 2.28. The summed E-state index contributed by atoms with van der Waals surface area (Å²) in [7, 11) is 1.79. The number of carbonyl (C=O) groups is 2. The van der Waals surface area contributed by atoms with Gasteiger partial charge >= 0.3 is 0 Å². The molecule has 2 aromatic carbocycles. The molecule has 3 rings (SSSR count). The number of benzene rings is 2. The van der Waals surface area contributed by atoms with Crippen molar-refractivity contribution in [3.05, 3.63) is 65.2 Å². The molecule has 1 aliphatic rings. The molecule has 0 spiro atoms. The van der Waals surface area contributed by atoms with Gasteiger partial charge in [-0.05, 0) is 36.6 Å². The lowest BCUT2D eigenvalue weighted by Crippen LogP contribution is -2.37. The van der Waals surface area contributed by atoms with Crippen molar-refractivity contribution in [2.75, 3.05) is 11.9 Å². The Balaban J connectivity index is 1.74. The maximum atomic E-state index is 12.8. The molecule has 0 aliphatic carbocycles. The van der Waals surface area contributed by atoms with Crippen LogP contribution in [0.1, 0.15) is 30.5 Å². The second kappa shape index (κ2) is 7.09. The van der Waals surface area contributed by atoms with Gasteiger partial charge in [0.25, 0.3) is 0 Å². The van der Waals surface area contributed by atoms with E-state index in [1.165, 1.54) is 0 Å². The highest BCUT2D eigenvalue weighted by Gasteiger charge is 2.25. The Hall–Kier alpha value is -2.62. The molecule has 1 heterocycles. The third-order valence-corrected chi connectivity index (χ3v) is 4.72. The van der Waals surface area contributed by atoms with Gasteiger partial charge in [-0.3, -0.25) is 9.59 Å². The van der Waals surface area contributed by atoms with E-state index in [2.05, 4.69) is 0 Å². The summed E-state index contributed by atoms with van der Waals surface area (Å²) < 4.78 is 0. The molecule has 0 unspecified atom stereocenters. The van der Waals surface area contributed by atoms with Gasteiger partial charge < -0.3 is 9.80 Å². The van der Waals surface area contributed by atoms with Gasteiger partial charge in [0.15, 0.2) is 0 Å². The number of hydrogen-bond donors (Lipinski definition) is 0. The van der Waals surface area contributed by atoms with Crippen LogP contribution in [0.4, 0.5) is 5.69 Å². The number of rotatable bonds is 5. The summed E-state index contributed by atoms with van der Waals surface area (Å²) in [6.07, 6.45) is 0.780. The summed E-state index contributed by atoms with van der Waals surface area (Å²) in [6, 6.07) is 16.1. The second-order valence-corrected chi connectivity index (χ2v) is 6.87. The highest BCUT2D eigenvalue weighted by molar-refractivity contribution is 6.01. The number of nitrogens with zero attached hydrogens (tertiary/aromatic N) is 2. The van der Waals surface area contributed by atoms with Crippen LogP contribution in [-0.4, -0.2) is 29.8 Å². The average molecular weight is 336 g/mol. The van der Waals surface area contributed by atoms with Crippen LogP contribution in [0, 0.1) is 0 Å². The van der Waals surface area contributed by atoms with Crippen molar-refractivity contribution in [2.45, 2.75) is 39.3 Å². The Morgan fingerprint density at radius 2 is 1.84 bits per heavy atom. The molecule has 2 aromatic rings. The van der Waals surface area contributed by atoms with E-state index < -0.39 is 0 Å². The van der Waals surface area contributed by atoms with Crippen LogP contribution in [0.15, 0.2) is 48.5 Å². The average Bonchev–Trinajstić information content (AvgIpc) is 2.87. The molecule has 0 bridgehead atoms. The standard InChI is InChI=1S/C21H24N2O2/c1-15(2)23(14-16-7-5-4-6-8-16)21(25)12-17-9-10-19-18(11-17)13-20(24)22(19)3/h4-11,15H,12-14H2,1-3H3. The summed E-state index contributed by atoms with van der Waals surface area (Å²) in [5.41, 5.74) is 4.06. The van der Waals surface area contributed by atoms with Crippen molar-refractivity contribution in [1.82, 2.24) is 4.90 Å². The van der Waals surface area contributed by atoms with Gasteiger partial charge in [-0.25, -0.2) is 0 Å². The van der Waals surface area contributed by atoms with Gasteiger partial charge in [-0.1, -0.05) is 42.5 Å². The zero-order valence-corrected chi connectivity index (χ0v) is 15.0. The van der Waals surface area contributed by atoms with Gasteiger partial charge in [0.1, 0.15) is 0 Å². The predicted molar refractivity (Wildman–Crippen MR) is 99.4 cm³/mol. The first-order valence-corrected chi connectivity index (χ1v) is 8.67. The molecular weight excluding hydrogens is 312 g/mol. The van der Waals surface area contributed by atoms with Crippen LogP contribution < -0.4 is 4.90 Å². The van der Waals surface area contributed by atoms with Crippen LogP contribution in [0.25, 0.3) is 0 Å². The van der Waals surface area contributed by atoms with E-state index in [9.17, 15) is 9.59 Å². The smallest absolute Gasteiger partial charge is 0.231 e. The fraction of sp³-hybridized carbons (Fsp3) is 0.333. The molecule has 0 saturated heterocycles. The molecule has 0 saturated carbocycles. The number of anilines is 1. The third kappa shape index (κ3) is 3.73. The lowest BCUT2D eigenvalue weighted by molar-refractivity contribution is -0.132. The fourth-order valence-electron chi connectivity index (χ4n) is 3.25. The Kier molecular flexibility index (Phi) is 4.88. The lowest BCUT2D eigenvalue weighted by Gasteiger charge is -2.27.